The first-order chi connectivity index (χ1) is 6.86. The van der Waals surface area contributed by atoms with Crippen LogP contribution in [0.15, 0.2) is 35.9 Å². The molecule has 1 rings (SSSR count). The zero-order valence-corrected chi connectivity index (χ0v) is 8.23. The summed E-state index contributed by atoms with van der Waals surface area (Å²) in [4.78, 5) is 0. The second-order valence-corrected chi connectivity index (χ2v) is 2.83. The lowest BCUT2D eigenvalue weighted by Gasteiger charge is -1.98. The van der Waals surface area contributed by atoms with Crippen LogP contribution >= 0.6 is 0 Å². The first-order valence-corrected chi connectivity index (χ1v) is 4.60. The van der Waals surface area contributed by atoms with Gasteiger partial charge in [-0.05, 0) is 18.6 Å². The number of nitrogens with zero attached hydrogens (tertiary/aromatic N) is 1. The van der Waals surface area contributed by atoms with Gasteiger partial charge in [0.25, 0.3) is 0 Å². The van der Waals surface area contributed by atoms with Crippen LogP contribution in [0.2, 0.25) is 0 Å². The molecule has 0 spiro atoms. The van der Waals surface area contributed by atoms with Gasteiger partial charge in [0, 0.05) is 6.61 Å². The van der Waals surface area contributed by atoms with E-state index in [9.17, 15) is 0 Å². The maximum atomic E-state index is 8.82. The minimum Gasteiger partial charge on any atom is -0.376 e. The summed E-state index contributed by atoms with van der Waals surface area (Å²) in [5, 5.41) is 8.82. The zero-order valence-electron chi connectivity index (χ0n) is 8.23. The normalized spacial score (nSPS) is 11.0. The molecule has 0 bridgehead atoms. The van der Waals surface area contributed by atoms with Crippen molar-refractivity contribution in [2.75, 3.05) is 13.2 Å². The van der Waals surface area contributed by atoms with Crippen molar-refractivity contribution in [2.45, 2.75) is 6.92 Å². The molecule has 0 aliphatic rings. The van der Waals surface area contributed by atoms with Crippen molar-refractivity contribution in [1.82, 2.24) is 0 Å². The molecule has 0 aromatic heterocycles. The van der Waals surface area contributed by atoms with Gasteiger partial charge in [0.1, 0.15) is 0 Å². The Bertz CT molecular complexity index is 335. The molecule has 0 aliphatic heterocycles. The summed E-state index contributed by atoms with van der Waals surface area (Å²) in [6.45, 7) is 2.94. The Labute approximate surface area is 84.4 Å². The molecule has 0 unspecified atom stereocenters. The lowest BCUT2D eigenvalue weighted by atomic mass is 10.1. The fourth-order valence-corrected chi connectivity index (χ4v) is 1.07. The van der Waals surface area contributed by atoms with Gasteiger partial charge in [-0.2, -0.15) is 5.26 Å². The third kappa shape index (κ3) is 3.42. The third-order valence-electron chi connectivity index (χ3n) is 1.75. The minimum absolute atomic E-state index is 0.391. The Kier molecular flexibility index (Phi) is 4.46. The summed E-state index contributed by atoms with van der Waals surface area (Å²) in [6, 6.07) is 11.9. The second kappa shape index (κ2) is 5.95. The van der Waals surface area contributed by atoms with Gasteiger partial charge in [-0.3, -0.25) is 0 Å². The number of rotatable bonds is 4. The summed E-state index contributed by atoms with van der Waals surface area (Å²) in [6.07, 6.45) is 1.84. The van der Waals surface area contributed by atoms with Crippen molar-refractivity contribution < 1.29 is 4.74 Å². The minimum atomic E-state index is 0.391. The lowest BCUT2D eigenvalue weighted by molar-refractivity contribution is 0.174. The van der Waals surface area contributed by atoms with Crippen LogP contribution < -0.4 is 0 Å². The van der Waals surface area contributed by atoms with Crippen LogP contribution in [-0.4, -0.2) is 13.2 Å². The maximum Gasteiger partial charge on any atom is 0.0971 e. The molecule has 0 atom stereocenters. The lowest BCUT2D eigenvalue weighted by Crippen LogP contribution is -1.95. The van der Waals surface area contributed by atoms with Crippen LogP contribution in [-0.2, 0) is 4.74 Å². The first kappa shape index (κ1) is 10.5. The smallest absolute Gasteiger partial charge is 0.0971 e. The van der Waals surface area contributed by atoms with E-state index in [0.717, 1.165) is 5.56 Å². The number of hydrogen-bond donors (Lipinski definition) is 0. The number of ether oxygens (including phenoxy) is 1. The van der Waals surface area contributed by atoms with E-state index in [1.807, 2.05) is 43.3 Å². The van der Waals surface area contributed by atoms with Crippen LogP contribution in [0.5, 0.6) is 0 Å². The molecule has 1 aromatic carbocycles. The van der Waals surface area contributed by atoms with Crippen molar-refractivity contribution in [3.05, 3.63) is 41.5 Å². The molecule has 14 heavy (non-hydrogen) atoms. The summed E-state index contributed by atoms with van der Waals surface area (Å²) in [7, 11) is 0. The monoisotopic (exact) mass is 187 g/mol. The highest BCUT2D eigenvalue weighted by atomic mass is 16.5. The molecule has 0 heterocycles. The Morgan fingerprint density at radius 2 is 2.14 bits per heavy atom. The van der Waals surface area contributed by atoms with Gasteiger partial charge in [-0.25, -0.2) is 0 Å². The van der Waals surface area contributed by atoms with Crippen LogP contribution in [0.25, 0.3) is 6.08 Å². The van der Waals surface area contributed by atoms with Gasteiger partial charge in [0.2, 0.25) is 0 Å². The van der Waals surface area contributed by atoms with Crippen LogP contribution in [0.1, 0.15) is 12.5 Å². The molecule has 0 amide bonds. The molecule has 0 fully saturated rings. The molecular formula is C12H13NO. The fraction of sp³-hybridized carbons (Fsp3) is 0.250. The maximum absolute atomic E-state index is 8.82. The van der Waals surface area contributed by atoms with Gasteiger partial charge in [0.05, 0.1) is 18.2 Å². The number of nitriles is 1. The van der Waals surface area contributed by atoms with Crippen molar-refractivity contribution in [2.24, 2.45) is 0 Å². The van der Waals surface area contributed by atoms with Crippen LogP contribution in [0.4, 0.5) is 0 Å². The van der Waals surface area contributed by atoms with Crippen LogP contribution in [0.3, 0.4) is 0 Å². The van der Waals surface area contributed by atoms with Gasteiger partial charge >= 0.3 is 0 Å². The quantitative estimate of drug-likeness (QED) is 0.679. The standard InChI is InChI=1S/C12H13NO/c1-2-14-10-12(9-13)8-11-6-4-3-5-7-11/h3-8H,2,10H2,1H3/b12-8+. The molecule has 72 valence electrons. The molecule has 0 saturated heterocycles. The second-order valence-electron chi connectivity index (χ2n) is 2.83. The summed E-state index contributed by atoms with van der Waals surface area (Å²) < 4.78 is 5.17. The summed E-state index contributed by atoms with van der Waals surface area (Å²) in [5.41, 5.74) is 1.68. The Morgan fingerprint density at radius 3 is 2.71 bits per heavy atom. The first-order valence-electron chi connectivity index (χ1n) is 4.60. The average molecular weight is 187 g/mol. The van der Waals surface area contributed by atoms with Gasteiger partial charge in [-0.15, -0.1) is 0 Å². The summed E-state index contributed by atoms with van der Waals surface area (Å²) in [5.74, 6) is 0. The molecule has 2 nitrogen and oxygen atoms in total. The number of hydrogen-bond acceptors (Lipinski definition) is 2. The zero-order chi connectivity index (χ0) is 10.2. The van der Waals surface area contributed by atoms with E-state index >= 15 is 0 Å². The highest BCUT2D eigenvalue weighted by molar-refractivity contribution is 5.56. The van der Waals surface area contributed by atoms with E-state index in [2.05, 4.69) is 6.07 Å². The van der Waals surface area contributed by atoms with Crippen molar-refractivity contribution in [3.8, 4) is 6.07 Å². The molecular weight excluding hydrogens is 174 g/mol. The molecule has 0 saturated carbocycles. The topological polar surface area (TPSA) is 33.0 Å². The van der Waals surface area contributed by atoms with E-state index < -0.39 is 0 Å². The highest BCUT2D eigenvalue weighted by Crippen LogP contribution is 2.06. The Hall–Kier alpha value is -1.59. The van der Waals surface area contributed by atoms with E-state index in [1.165, 1.54) is 0 Å². The van der Waals surface area contributed by atoms with E-state index in [0.29, 0.717) is 18.8 Å². The van der Waals surface area contributed by atoms with E-state index in [1.54, 1.807) is 0 Å². The molecule has 1 aromatic rings. The van der Waals surface area contributed by atoms with Crippen molar-refractivity contribution in [1.29, 1.82) is 5.26 Å². The molecule has 0 aliphatic carbocycles. The Balaban J connectivity index is 2.70. The molecule has 0 N–H and O–H groups in total. The molecule has 0 radical (unpaired) electrons. The van der Waals surface area contributed by atoms with Gasteiger partial charge in [0.15, 0.2) is 0 Å². The predicted molar refractivity (Wildman–Crippen MR) is 56.5 cm³/mol. The predicted octanol–water partition coefficient (Wildman–Crippen LogP) is 2.63. The van der Waals surface area contributed by atoms with Gasteiger partial charge < -0.3 is 4.74 Å². The third-order valence-corrected chi connectivity index (χ3v) is 1.75. The largest absolute Gasteiger partial charge is 0.376 e. The summed E-state index contributed by atoms with van der Waals surface area (Å²) >= 11 is 0. The molecule has 2 heteroatoms. The SMILES string of the molecule is CCOC/C(C#N)=C/c1ccccc1. The number of benzene rings is 1. The Morgan fingerprint density at radius 1 is 1.43 bits per heavy atom. The van der Waals surface area contributed by atoms with Crippen molar-refractivity contribution >= 4 is 6.08 Å². The van der Waals surface area contributed by atoms with Crippen molar-refractivity contribution in [3.63, 3.8) is 0 Å². The average Bonchev–Trinajstić information content (AvgIpc) is 2.25. The van der Waals surface area contributed by atoms with Crippen LogP contribution in [0, 0.1) is 11.3 Å². The van der Waals surface area contributed by atoms with E-state index in [4.69, 9.17) is 10.00 Å². The fourth-order valence-electron chi connectivity index (χ4n) is 1.07. The highest BCUT2D eigenvalue weighted by Gasteiger charge is 1.95. The van der Waals surface area contributed by atoms with E-state index in [-0.39, 0.29) is 0 Å². The van der Waals surface area contributed by atoms with Gasteiger partial charge in [-0.1, -0.05) is 30.3 Å².